The average Bonchev–Trinajstić information content (AvgIpc) is 3.36. The molecule has 1 saturated heterocycles. The monoisotopic (exact) mass is 390 g/mol. The zero-order valence-electron chi connectivity index (χ0n) is 15.7. The number of nitrogens with one attached hydrogen (secondary N) is 2. The third kappa shape index (κ3) is 3.06. The summed E-state index contributed by atoms with van der Waals surface area (Å²) in [5, 5.41) is 11.9. The van der Waals surface area contributed by atoms with Crippen LogP contribution in [0, 0.1) is 6.92 Å². The van der Waals surface area contributed by atoms with E-state index in [2.05, 4.69) is 51.7 Å². The van der Waals surface area contributed by atoms with Crippen molar-refractivity contribution in [2.75, 3.05) is 18.8 Å². The van der Waals surface area contributed by atoms with Crippen molar-refractivity contribution in [3.05, 3.63) is 47.9 Å². The average molecular weight is 391 g/mol. The number of anilines is 1. The van der Waals surface area contributed by atoms with E-state index in [1.165, 1.54) is 5.56 Å². The molecule has 1 fully saturated rings. The number of thiazole rings is 1. The Bertz CT molecular complexity index is 1140. The van der Waals surface area contributed by atoms with Gasteiger partial charge in [-0.2, -0.15) is 5.10 Å². The van der Waals surface area contributed by atoms with Gasteiger partial charge in [-0.3, -0.25) is 5.10 Å². The normalized spacial score (nSPS) is 15.3. The quantitative estimate of drug-likeness (QED) is 0.490. The van der Waals surface area contributed by atoms with Crippen LogP contribution in [0.4, 0.5) is 5.82 Å². The van der Waals surface area contributed by atoms with Crippen LogP contribution in [0.25, 0.3) is 31.9 Å². The van der Waals surface area contributed by atoms with Crippen LogP contribution in [-0.4, -0.2) is 33.3 Å². The summed E-state index contributed by atoms with van der Waals surface area (Å²) in [7, 11) is 0. The molecule has 1 aliphatic rings. The maximum absolute atomic E-state index is 6.23. The Hall–Kier alpha value is -2.77. The lowest BCUT2D eigenvalue weighted by Gasteiger charge is -2.22. The second-order valence-electron chi connectivity index (χ2n) is 7.36. The van der Waals surface area contributed by atoms with Gasteiger partial charge in [0.05, 0.1) is 21.5 Å². The number of nitrogens with two attached hydrogens (primary N) is 1. The number of rotatable bonds is 3. The van der Waals surface area contributed by atoms with Crippen LogP contribution in [0.3, 0.4) is 0 Å². The van der Waals surface area contributed by atoms with E-state index < -0.39 is 0 Å². The molecule has 1 aliphatic heterocycles. The molecule has 0 radical (unpaired) electrons. The van der Waals surface area contributed by atoms with E-state index in [0.717, 1.165) is 63.5 Å². The molecule has 4 N–H and O–H groups in total. The number of fused-ring (bicyclic) bond motifs is 1. The summed E-state index contributed by atoms with van der Waals surface area (Å²) in [6, 6.07) is 8.43. The maximum Gasteiger partial charge on any atom is 0.133 e. The summed E-state index contributed by atoms with van der Waals surface area (Å²) < 4.78 is 1.16. The van der Waals surface area contributed by atoms with Crippen LogP contribution in [0.15, 0.2) is 36.7 Å². The molecule has 0 atom stereocenters. The molecular weight excluding hydrogens is 368 g/mol. The maximum atomic E-state index is 6.23. The number of hydrogen-bond acceptors (Lipinski definition) is 6. The van der Waals surface area contributed by atoms with Crippen LogP contribution < -0.4 is 11.1 Å². The van der Waals surface area contributed by atoms with Gasteiger partial charge in [0.1, 0.15) is 10.8 Å². The van der Waals surface area contributed by atoms with E-state index in [9.17, 15) is 0 Å². The predicted octanol–water partition coefficient (Wildman–Crippen LogP) is 4.11. The molecule has 0 saturated carbocycles. The largest absolute Gasteiger partial charge is 0.383 e. The third-order valence-corrected chi connectivity index (χ3v) is 6.47. The van der Waals surface area contributed by atoms with Gasteiger partial charge in [0, 0.05) is 29.4 Å². The second kappa shape index (κ2) is 7.00. The first-order chi connectivity index (χ1) is 13.7. The highest BCUT2D eigenvalue weighted by Crippen LogP contribution is 2.37. The smallest absolute Gasteiger partial charge is 0.133 e. The highest BCUT2D eigenvalue weighted by Gasteiger charge is 2.22. The second-order valence-corrected chi connectivity index (χ2v) is 8.39. The number of nitrogens with zero attached hydrogens (tertiary/aromatic N) is 3. The molecule has 142 valence electrons. The number of nitrogen functional groups attached to an aromatic ring is 1. The number of aryl methyl sites for hydroxylation is 1. The minimum Gasteiger partial charge on any atom is -0.383 e. The molecule has 7 heteroatoms. The molecule has 0 spiro atoms. The van der Waals surface area contributed by atoms with E-state index in [4.69, 9.17) is 10.7 Å². The third-order valence-electron chi connectivity index (χ3n) is 5.40. The van der Waals surface area contributed by atoms with E-state index in [-0.39, 0.29) is 0 Å². The Morgan fingerprint density at radius 3 is 2.86 bits per heavy atom. The molecular formula is C21H22N6S. The highest BCUT2D eigenvalue weighted by molar-refractivity contribution is 7.21. The van der Waals surface area contributed by atoms with Crippen molar-refractivity contribution in [2.24, 2.45) is 0 Å². The fourth-order valence-corrected chi connectivity index (χ4v) is 4.86. The number of piperidine rings is 1. The summed E-state index contributed by atoms with van der Waals surface area (Å²) in [6.45, 7) is 4.15. The summed E-state index contributed by atoms with van der Waals surface area (Å²) in [4.78, 5) is 9.28. The van der Waals surface area contributed by atoms with Crippen LogP contribution in [0.2, 0.25) is 0 Å². The molecule has 28 heavy (non-hydrogen) atoms. The SMILES string of the molecule is Cc1ccc2sc(-c3cc(-c4c[nH]nc4C4CCNCC4)cnc3N)nc2c1. The Balaban J connectivity index is 1.57. The van der Waals surface area contributed by atoms with E-state index in [1.807, 2.05) is 12.4 Å². The van der Waals surface area contributed by atoms with Crippen molar-refractivity contribution >= 4 is 27.4 Å². The lowest BCUT2D eigenvalue weighted by atomic mass is 9.90. The molecule has 5 rings (SSSR count). The zero-order chi connectivity index (χ0) is 19.1. The summed E-state index contributed by atoms with van der Waals surface area (Å²) in [6.07, 6.45) is 6.01. The van der Waals surface area contributed by atoms with E-state index in [1.54, 1.807) is 11.3 Å². The topological polar surface area (TPSA) is 92.5 Å². The van der Waals surface area contributed by atoms with Gasteiger partial charge in [-0.05, 0) is 56.6 Å². The van der Waals surface area contributed by atoms with Gasteiger partial charge in [-0.15, -0.1) is 11.3 Å². The van der Waals surface area contributed by atoms with Gasteiger partial charge in [-0.25, -0.2) is 9.97 Å². The molecule has 3 aromatic heterocycles. The van der Waals surface area contributed by atoms with Crippen LogP contribution in [0.1, 0.15) is 30.0 Å². The summed E-state index contributed by atoms with van der Waals surface area (Å²) in [5.74, 6) is 0.973. The summed E-state index contributed by atoms with van der Waals surface area (Å²) in [5.41, 5.74) is 12.6. The molecule has 0 amide bonds. The fraction of sp³-hybridized carbons (Fsp3) is 0.286. The van der Waals surface area contributed by atoms with Crippen molar-refractivity contribution in [2.45, 2.75) is 25.7 Å². The molecule has 4 heterocycles. The first-order valence-electron chi connectivity index (χ1n) is 9.57. The summed E-state index contributed by atoms with van der Waals surface area (Å²) >= 11 is 1.65. The molecule has 0 aliphatic carbocycles. The Morgan fingerprint density at radius 1 is 1.14 bits per heavy atom. The van der Waals surface area contributed by atoms with Crippen molar-refractivity contribution < 1.29 is 0 Å². The van der Waals surface area contributed by atoms with Gasteiger partial charge >= 0.3 is 0 Å². The first-order valence-corrected chi connectivity index (χ1v) is 10.4. The minimum absolute atomic E-state index is 0.467. The van der Waals surface area contributed by atoms with Crippen molar-refractivity contribution in [3.63, 3.8) is 0 Å². The number of pyridine rings is 1. The Labute approximate surface area is 167 Å². The van der Waals surface area contributed by atoms with Crippen LogP contribution in [0.5, 0.6) is 0 Å². The van der Waals surface area contributed by atoms with Crippen molar-refractivity contribution in [1.29, 1.82) is 0 Å². The zero-order valence-corrected chi connectivity index (χ0v) is 16.5. The molecule has 4 aromatic rings. The highest BCUT2D eigenvalue weighted by atomic mass is 32.1. The van der Waals surface area contributed by atoms with Crippen LogP contribution in [-0.2, 0) is 0 Å². The van der Waals surface area contributed by atoms with Gasteiger partial charge in [0.15, 0.2) is 0 Å². The first kappa shape index (κ1) is 17.3. The van der Waals surface area contributed by atoms with Crippen molar-refractivity contribution in [1.82, 2.24) is 25.5 Å². The van der Waals surface area contributed by atoms with Gasteiger partial charge in [0.25, 0.3) is 0 Å². The lowest BCUT2D eigenvalue weighted by Crippen LogP contribution is -2.27. The van der Waals surface area contributed by atoms with Gasteiger partial charge < -0.3 is 11.1 Å². The molecule has 6 nitrogen and oxygen atoms in total. The van der Waals surface area contributed by atoms with Gasteiger partial charge in [-0.1, -0.05) is 6.07 Å². The van der Waals surface area contributed by atoms with E-state index >= 15 is 0 Å². The number of benzene rings is 1. The standard InChI is InChI=1S/C21H22N6S/c1-12-2-3-18-17(8-12)26-21(28-18)15-9-14(10-24-20(15)22)16-11-25-27-19(16)13-4-6-23-7-5-13/h2-3,8-11,13,23H,4-7H2,1H3,(H2,22,24)(H,25,27). The Morgan fingerprint density at radius 2 is 2.00 bits per heavy atom. The number of hydrogen-bond donors (Lipinski definition) is 3. The molecule has 0 bridgehead atoms. The van der Waals surface area contributed by atoms with Crippen molar-refractivity contribution in [3.8, 4) is 21.7 Å². The Kier molecular flexibility index (Phi) is 4.33. The number of aromatic nitrogens is 4. The fourth-order valence-electron chi connectivity index (χ4n) is 3.88. The molecule has 1 aromatic carbocycles. The van der Waals surface area contributed by atoms with Crippen LogP contribution >= 0.6 is 11.3 Å². The number of H-pyrrole nitrogens is 1. The molecule has 0 unspecified atom stereocenters. The van der Waals surface area contributed by atoms with Gasteiger partial charge in [0.2, 0.25) is 0 Å². The lowest BCUT2D eigenvalue weighted by molar-refractivity contribution is 0.453. The minimum atomic E-state index is 0.467. The predicted molar refractivity (Wildman–Crippen MR) is 114 cm³/mol. The number of aromatic amines is 1. The van der Waals surface area contributed by atoms with E-state index in [0.29, 0.717) is 11.7 Å².